The van der Waals surface area contributed by atoms with E-state index in [0.717, 1.165) is 35.0 Å². The second-order valence-electron chi connectivity index (χ2n) is 6.39. The van der Waals surface area contributed by atoms with Gasteiger partial charge in [-0.15, -0.1) is 11.3 Å². The lowest BCUT2D eigenvalue weighted by Gasteiger charge is -2.15. The highest BCUT2D eigenvalue weighted by Gasteiger charge is 2.20. The molecular formula is C19H21N3S. The van der Waals surface area contributed by atoms with Crippen molar-refractivity contribution in [2.75, 3.05) is 19.0 Å². The van der Waals surface area contributed by atoms with Gasteiger partial charge in [0, 0.05) is 24.7 Å². The van der Waals surface area contributed by atoms with Gasteiger partial charge in [-0.05, 0) is 49.0 Å². The molecule has 0 saturated carbocycles. The summed E-state index contributed by atoms with van der Waals surface area (Å²) < 4.78 is 0. The number of allylic oxidation sites excluding steroid dienone is 1. The molecule has 1 aliphatic carbocycles. The zero-order chi connectivity index (χ0) is 16.4. The summed E-state index contributed by atoms with van der Waals surface area (Å²) in [6.07, 6.45) is 5.29. The summed E-state index contributed by atoms with van der Waals surface area (Å²) in [6, 6.07) is 10.5. The van der Waals surface area contributed by atoms with Crippen LogP contribution in [0.3, 0.4) is 0 Å². The Morgan fingerprint density at radius 3 is 2.74 bits per heavy atom. The van der Waals surface area contributed by atoms with Gasteiger partial charge in [0.25, 0.3) is 0 Å². The van der Waals surface area contributed by atoms with Gasteiger partial charge in [-0.2, -0.15) is 5.26 Å². The first-order valence-corrected chi connectivity index (χ1v) is 8.76. The van der Waals surface area contributed by atoms with Gasteiger partial charge < -0.3 is 4.90 Å². The molecule has 0 radical (unpaired) electrons. The normalized spacial score (nSPS) is 17.5. The third-order valence-corrected chi connectivity index (χ3v) is 5.41. The van der Waals surface area contributed by atoms with E-state index >= 15 is 0 Å². The van der Waals surface area contributed by atoms with Crippen molar-refractivity contribution in [2.24, 2.45) is 5.92 Å². The van der Waals surface area contributed by atoms with Gasteiger partial charge in [-0.25, -0.2) is 4.98 Å². The minimum Gasteiger partial charge on any atom is -0.378 e. The van der Waals surface area contributed by atoms with Crippen molar-refractivity contribution < 1.29 is 0 Å². The first-order chi connectivity index (χ1) is 11.1. The largest absolute Gasteiger partial charge is 0.378 e. The summed E-state index contributed by atoms with van der Waals surface area (Å²) >= 11 is 1.69. The maximum Gasteiger partial charge on any atom is 0.134 e. The Morgan fingerprint density at radius 2 is 2.09 bits per heavy atom. The molecule has 1 heterocycles. The Kier molecular flexibility index (Phi) is 4.49. The van der Waals surface area contributed by atoms with Crippen LogP contribution in [0.25, 0.3) is 11.6 Å². The van der Waals surface area contributed by atoms with E-state index in [4.69, 9.17) is 4.98 Å². The maximum absolute atomic E-state index is 9.54. The van der Waals surface area contributed by atoms with E-state index in [1.54, 1.807) is 11.3 Å². The molecule has 23 heavy (non-hydrogen) atoms. The standard InChI is InChI=1S/C19H21N3S/c1-13-4-9-17-18(10-13)23-19(21-17)15(12-20)11-14-5-7-16(8-6-14)22(2)3/h5-8,11,13H,4,9-10H2,1-3H3. The zero-order valence-electron chi connectivity index (χ0n) is 13.8. The molecule has 0 bridgehead atoms. The number of benzene rings is 1. The number of anilines is 1. The van der Waals surface area contributed by atoms with Crippen LogP contribution in [-0.4, -0.2) is 19.1 Å². The summed E-state index contributed by atoms with van der Waals surface area (Å²) in [6.45, 7) is 2.29. The molecule has 0 N–H and O–H groups in total. The molecule has 0 spiro atoms. The third kappa shape index (κ3) is 3.46. The van der Waals surface area contributed by atoms with Crippen molar-refractivity contribution in [3.8, 4) is 6.07 Å². The molecule has 1 unspecified atom stereocenters. The highest BCUT2D eigenvalue weighted by atomic mass is 32.1. The van der Waals surface area contributed by atoms with Crippen LogP contribution >= 0.6 is 11.3 Å². The smallest absolute Gasteiger partial charge is 0.134 e. The van der Waals surface area contributed by atoms with E-state index in [1.807, 2.05) is 32.3 Å². The van der Waals surface area contributed by atoms with Gasteiger partial charge in [0.2, 0.25) is 0 Å². The molecule has 1 atom stereocenters. The third-order valence-electron chi connectivity index (χ3n) is 4.26. The van der Waals surface area contributed by atoms with Crippen molar-refractivity contribution in [1.82, 2.24) is 4.98 Å². The number of aromatic nitrogens is 1. The van der Waals surface area contributed by atoms with Crippen molar-refractivity contribution in [3.63, 3.8) is 0 Å². The van der Waals surface area contributed by atoms with Crippen molar-refractivity contribution in [3.05, 3.63) is 45.4 Å². The van der Waals surface area contributed by atoms with E-state index in [0.29, 0.717) is 5.57 Å². The lowest BCUT2D eigenvalue weighted by atomic mass is 9.93. The summed E-state index contributed by atoms with van der Waals surface area (Å²) in [4.78, 5) is 8.15. The number of rotatable bonds is 3. The molecule has 1 aliphatic rings. The highest BCUT2D eigenvalue weighted by molar-refractivity contribution is 7.13. The molecule has 3 rings (SSSR count). The predicted octanol–water partition coefficient (Wildman–Crippen LogP) is 4.40. The second-order valence-corrected chi connectivity index (χ2v) is 7.48. The first kappa shape index (κ1) is 15.8. The van der Waals surface area contributed by atoms with Crippen molar-refractivity contribution >= 4 is 28.7 Å². The van der Waals surface area contributed by atoms with Crippen LogP contribution in [0.15, 0.2) is 24.3 Å². The molecule has 118 valence electrons. The molecule has 3 nitrogen and oxygen atoms in total. The van der Waals surface area contributed by atoms with Gasteiger partial charge in [-0.1, -0.05) is 19.1 Å². The Labute approximate surface area is 141 Å². The SMILES string of the molecule is CC1CCc2nc(C(C#N)=Cc3ccc(N(C)C)cc3)sc2C1. The Bertz CT molecular complexity index is 763. The summed E-state index contributed by atoms with van der Waals surface area (Å²) in [7, 11) is 4.04. The highest BCUT2D eigenvalue weighted by Crippen LogP contribution is 2.33. The molecule has 0 fully saturated rings. The van der Waals surface area contributed by atoms with Gasteiger partial charge in [-0.3, -0.25) is 0 Å². The lowest BCUT2D eigenvalue weighted by Crippen LogP contribution is -2.09. The number of nitrogens with zero attached hydrogens (tertiary/aromatic N) is 3. The van der Waals surface area contributed by atoms with Gasteiger partial charge in [0.05, 0.1) is 11.3 Å². The molecule has 2 aromatic rings. The fourth-order valence-corrected chi connectivity index (χ4v) is 4.07. The van der Waals surface area contributed by atoms with Crippen molar-refractivity contribution in [2.45, 2.75) is 26.2 Å². The van der Waals surface area contributed by atoms with Crippen LogP contribution in [0.2, 0.25) is 0 Å². The minimum absolute atomic E-state index is 0.662. The number of nitriles is 1. The van der Waals surface area contributed by atoms with Gasteiger partial charge >= 0.3 is 0 Å². The monoisotopic (exact) mass is 323 g/mol. The quantitative estimate of drug-likeness (QED) is 0.786. The van der Waals surface area contributed by atoms with E-state index in [9.17, 15) is 5.26 Å². The fraction of sp³-hybridized carbons (Fsp3) is 0.368. The summed E-state index contributed by atoms with van der Waals surface area (Å²) in [5.74, 6) is 0.726. The van der Waals surface area contributed by atoms with E-state index < -0.39 is 0 Å². The fourth-order valence-electron chi connectivity index (χ4n) is 2.83. The number of thiazole rings is 1. The number of hydrogen-bond acceptors (Lipinski definition) is 4. The summed E-state index contributed by atoms with van der Waals surface area (Å²) in [5, 5.41) is 10.4. The molecule has 0 saturated heterocycles. The van der Waals surface area contributed by atoms with Crippen LogP contribution < -0.4 is 4.90 Å². The van der Waals surface area contributed by atoms with Crippen LogP contribution in [0.5, 0.6) is 0 Å². The minimum atomic E-state index is 0.662. The molecule has 0 amide bonds. The Balaban J connectivity index is 1.89. The number of aryl methyl sites for hydroxylation is 1. The van der Waals surface area contributed by atoms with Crippen LogP contribution in [0, 0.1) is 17.2 Å². The average molecular weight is 323 g/mol. The predicted molar refractivity (Wildman–Crippen MR) is 97.6 cm³/mol. The van der Waals surface area contributed by atoms with Gasteiger partial charge in [0.1, 0.15) is 11.1 Å². The van der Waals surface area contributed by atoms with E-state index in [-0.39, 0.29) is 0 Å². The molecule has 0 aliphatic heterocycles. The molecular weight excluding hydrogens is 302 g/mol. The second kappa shape index (κ2) is 6.55. The molecule has 1 aromatic carbocycles. The molecule has 4 heteroatoms. The average Bonchev–Trinajstić information content (AvgIpc) is 2.95. The number of fused-ring (bicyclic) bond motifs is 1. The van der Waals surface area contributed by atoms with E-state index in [2.05, 4.69) is 30.0 Å². The van der Waals surface area contributed by atoms with Crippen LogP contribution in [0.4, 0.5) is 5.69 Å². The van der Waals surface area contributed by atoms with Crippen LogP contribution in [0.1, 0.15) is 34.5 Å². The maximum atomic E-state index is 9.54. The van der Waals surface area contributed by atoms with E-state index in [1.165, 1.54) is 17.0 Å². The lowest BCUT2D eigenvalue weighted by molar-refractivity contribution is 0.502. The summed E-state index contributed by atoms with van der Waals surface area (Å²) in [5.41, 5.74) is 4.05. The van der Waals surface area contributed by atoms with Crippen LogP contribution in [-0.2, 0) is 12.8 Å². The Morgan fingerprint density at radius 1 is 1.35 bits per heavy atom. The topological polar surface area (TPSA) is 39.9 Å². The zero-order valence-corrected chi connectivity index (χ0v) is 14.7. The first-order valence-electron chi connectivity index (χ1n) is 7.95. The van der Waals surface area contributed by atoms with Gasteiger partial charge in [0.15, 0.2) is 0 Å². The molecule has 1 aromatic heterocycles. The number of hydrogen-bond donors (Lipinski definition) is 0. The Hall–Kier alpha value is -2.12. The van der Waals surface area contributed by atoms with Crippen molar-refractivity contribution in [1.29, 1.82) is 5.26 Å².